The predicted molar refractivity (Wildman–Crippen MR) is 167 cm³/mol. The van der Waals surface area contributed by atoms with E-state index >= 15 is 0 Å². The van der Waals surface area contributed by atoms with Gasteiger partial charge in [0.1, 0.15) is 6.17 Å². The molecule has 224 valence electrons. The van der Waals surface area contributed by atoms with E-state index in [1.807, 2.05) is 13.8 Å². The summed E-state index contributed by atoms with van der Waals surface area (Å²) in [5.74, 6) is 1.24. The summed E-state index contributed by atoms with van der Waals surface area (Å²) in [6.45, 7) is 22.4. The van der Waals surface area contributed by atoms with Crippen LogP contribution in [-0.2, 0) is 6.42 Å². The van der Waals surface area contributed by atoms with Gasteiger partial charge in [-0.25, -0.2) is 10.0 Å². The molecule has 0 bridgehead atoms. The van der Waals surface area contributed by atoms with Crippen LogP contribution in [0.2, 0.25) is 0 Å². The van der Waals surface area contributed by atoms with Crippen LogP contribution in [0.15, 0.2) is 42.6 Å². The van der Waals surface area contributed by atoms with Gasteiger partial charge in [0, 0.05) is 37.9 Å². The fourth-order valence-corrected chi connectivity index (χ4v) is 6.74. The Labute approximate surface area is 241 Å². The Morgan fingerprint density at radius 1 is 1.10 bits per heavy atom. The molecule has 6 heteroatoms. The van der Waals surface area contributed by atoms with Crippen LogP contribution in [0.25, 0.3) is 0 Å². The van der Waals surface area contributed by atoms with Crippen LogP contribution in [-0.4, -0.2) is 81.6 Å². The summed E-state index contributed by atoms with van der Waals surface area (Å²) in [6, 6.07) is 12.5. The van der Waals surface area contributed by atoms with Crippen molar-refractivity contribution in [2.45, 2.75) is 130 Å². The molecule has 2 saturated heterocycles. The maximum absolute atomic E-state index is 10.9. The van der Waals surface area contributed by atoms with Gasteiger partial charge >= 0.3 is 0 Å². The highest BCUT2D eigenvalue weighted by atomic mass is 16.3. The van der Waals surface area contributed by atoms with E-state index in [1.165, 1.54) is 31.4 Å². The largest absolute Gasteiger partial charge is 0.402 e. The lowest BCUT2D eigenvalue weighted by Crippen LogP contribution is -2.56. The molecule has 0 saturated carbocycles. The van der Waals surface area contributed by atoms with Crippen molar-refractivity contribution in [2.24, 2.45) is 17.6 Å². The van der Waals surface area contributed by atoms with Gasteiger partial charge in [0.05, 0.1) is 11.8 Å². The summed E-state index contributed by atoms with van der Waals surface area (Å²) in [5, 5.41) is 15.4. The summed E-state index contributed by atoms with van der Waals surface area (Å²) in [7, 11) is 4.23. The first kappa shape index (κ1) is 33.8. The highest BCUT2D eigenvalue weighted by molar-refractivity contribution is 5.14. The zero-order valence-electron chi connectivity index (χ0n) is 26.9. The number of likely N-dealkylation sites (tertiary alicyclic amines) is 1. The number of aryl methyl sites for hydroxylation is 1. The summed E-state index contributed by atoms with van der Waals surface area (Å²) >= 11 is 0. The SMILES string of the molecule is C=C(N)C(C)CCC.CC1CC(CC(C)N2C(C)N(C)N(C)C2C(C)(C)O)N(CCCc2ccccc2)C1C. The molecule has 2 aliphatic heterocycles. The Hall–Kier alpha value is -1.44. The van der Waals surface area contributed by atoms with Gasteiger partial charge in [0.2, 0.25) is 0 Å². The number of hydrogen-bond donors (Lipinski definition) is 2. The van der Waals surface area contributed by atoms with Gasteiger partial charge < -0.3 is 10.8 Å². The van der Waals surface area contributed by atoms with E-state index in [-0.39, 0.29) is 12.3 Å². The Balaban J connectivity index is 0.000000580. The standard InChI is InChI=1S/C26H46N4O.C7H15N/c1-19-17-24(29(21(19)3)16-12-15-23-13-10-9-11-14-23)18-20(2)30-22(4)27(7)28(8)25(30)26(5,6)31;1-4-5-6(2)7(3)8/h9-11,13-14,19-22,24-25,31H,12,15-18H2,1-8H3;6H,3-5,8H2,1-2H3. The number of allylic oxidation sites excluding steroid dienone is 1. The topological polar surface area (TPSA) is 59.2 Å². The van der Waals surface area contributed by atoms with E-state index in [0.717, 1.165) is 30.9 Å². The van der Waals surface area contributed by atoms with Gasteiger partial charge in [-0.05, 0) is 90.7 Å². The summed E-state index contributed by atoms with van der Waals surface area (Å²) in [5.41, 5.74) is 6.90. The highest BCUT2D eigenvalue weighted by Gasteiger charge is 2.49. The van der Waals surface area contributed by atoms with Gasteiger partial charge in [0.25, 0.3) is 0 Å². The molecule has 0 aromatic heterocycles. The Bertz CT molecular complexity index is 855. The van der Waals surface area contributed by atoms with Gasteiger partial charge in [-0.15, -0.1) is 0 Å². The molecule has 0 aliphatic carbocycles. The predicted octanol–water partition coefficient (Wildman–Crippen LogP) is 5.93. The van der Waals surface area contributed by atoms with E-state index in [9.17, 15) is 5.11 Å². The zero-order chi connectivity index (χ0) is 29.5. The second kappa shape index (κ2) is 15.0. The van der Waals surface area contributed by atoms with Crippen molar-refractivity contribution in [2.75, 3.05) is 20.6 Å². The van der Waals surface area contributed by atoms with Crippen LogP contribution in [0.3, 0.4) is 0 Å². The third-order valence-electron chi connectivity index (χ3n) is 9.40. The lowest BCUT2D eigenvalue weighted by Gasteiger charge is -2.41. The van der Waals surface area contributed by atoms with Gasteiger partial charge in [-0.2, -0.15) is 0 Å². The minimum absolute atomic E-state index is 0.00900. The fourth-order valence-electron chi connectivity index (χ4n) is 6.74. The highest BCUT2D eigenvalue weighted by Crippen LogP contribution is 2.37. The molecule has 0 amide bonds. The van der Waals surface area contributed by atoms with E-state index in [2.05, 4.69) is 112 Å². The minimum atomic E-state index is -0.784. The quantitative estimate of drug-likeness (QED) is 0.361. The first-order chi connectivity index (χ1) is 18.2. The van der Waals surface area contributed by atoms with E-state index in [0.29, 0.717) is 24.0 Å². The number of hydrogen-bond acceptors (Lipinski definition) is 6. The molecular formula is C33H61N5O. The molecule has 3 N–H and O–H groups in total. The third-order valence-corrected chi connectivity index (χ3v) is 9.40. The van der Waals surface area contributed by atoms with Gasteiger partial charge in [-0.1, -0.05) is 64.1 Å². The molecule has 3 rings (SSSR count). The first-order valence-corrected chi connectivity index (χ1v) is 15.4. The maximum atomic E-state index is 10.9. The van der Waals surface area contributed by atoms with Crippen LogP contribution in [0, 0.1) is 11.8 Å². The normalized spacial score (nSPS) is 28.7. The van der Waals surface area contributed by atoms with Crippen molar-refractivity contribution in [3.8, 4) is 0 Å². The van der Waals surface area contributed by atoms with Crippen molar-refractivity contribution in [1.82, 2.24) is 19.8 Å². The smallest absolute Gasteiger partial charge is 0.106 e. The van der Waals surface area contributed by atoms with Crippen LogP contribution in [0.1, 0.15) is 93.1 Å². The molecule has 39 heavy (non-hydrogen) atoms. The number of benzene rings is 1. The minimum Gasteiger partial charge on any atom is -0.402 e. The molecule has 1 aromatic carbocycles. The number of likely N-dealkylation sites (N-methyl/N-ethyl adjacent to an activating group) is 1. The van der Waals surface area contributed by atoms with E-state index in [1.54, 1.807) is 0 Å². The van der Waals surface area contributed by atoms with E-state index in [4.69, 9.17) is 5.73 Å². The first-order valence-electron chi connectivity index (χ1n) is 15.4. The lowest BCUT2D eigenvalue weighted by atomic mass is 9.97. The van der Waals surface area contributed by atoms with E-state index < -0.39 is 5.60 Å². The molecule has 7 atom stereocenters. The van der Waals surface area contributed by atoms with Crippen molar-refractivity contribution >= 4 is 0 Å². The second-order valence-electron chi connectivity index (χ2n) is 13.0. The fraction of sp³-hybridized carbons (Fsp3) is 0.758. The Morgan fingerprint density at radius 2 is 1.72 bits per heavy atom. The molecule has 1 aromatic rings. The molecule has 2 fully saturated rings. The van der Waals surface area contributed by atoms with Crippen LogP contribution in [0.5, 0.6) is 0 Å². The molecule has 6 nitrogen and oxygen atoms in total. The number of aliphatic hydroxyl groups is 1. The molecule has 7 unspecified atom stereocenters. The van der Waals surface area contributed by atoms with Crippen LogP contribution >= 0.6 is 0 Å². The zero-order valence-corrected chi connectivity index (χ0v) is 26.9. The van der Waals surface area contributed by atoms with Gasteiger partial charge in [-0.3, -0.25) is 9.80 Å². The van der Waals surface area contributed by atoms with Crippen molar-refractivity contribution in [3.63, 3.8) is 0 Å². The number of nitrogens with two attached hydrogens (primary N) is 1. The van der Waals surface area contributed by atoms with Crippen molar-refractivity contribution in [3.05, 3.63) is 48.2 Å². The monoisotopic (exact) mass is 543 g/mol. The molecular weight excluding hydrogens is 482 g/mol. The third kappa shape index (κ3) is 9.02. The Kier molecular flexibility index (Phi) is 13.0. The van der Waals surface area contributed by atoms with Crippen LogP contribution < -0.4 is 5.73 Å². The van der Waals surface area contributed by atoms with Gasteiger partial charge in [0.15, 0.2) is 0 Å². The summed E-state index contributed by atoms with van der Waals surface area (Å²) < 4.78 is 0. The number of nitrogens with zero attached hydrogens (tertiary/aromatic N) is 4. The Morgan fingerprint density at radius 3 is 2.23 bits per heavy atom. The maximum Gasteiger partial charge on any atom is 0.106 e. The number of hydrazine groups is 1. The van der Waals surface area contributed by atoms with Crippen LogP contribution in [0.4, 0.5) is 0 Å². The molecule has 0 radical (unpaired) electrons. The average molecular weight is 544 g/mol. The lowest BCUT2D eigenvalue weighted by molar-refractivity contribution is -0.0885. The summed E-state index contributed by atoms with van der Waals surface area (Å²) in [6.07, 6.45) is 7.41. The summed E-state index contributed by atoms with van der Waals surface area (Å²) in [4.78, 5) is 5.30. The molecule has 2 aliphatic rings. The molecule has 2 heterocycles. The molecule has 0 spiro atoms. The average Bonchev–Trinajstić information content (AvgIpc) is 3.26. The van der Waals surface area contributed by atoms with Crippen molar-refractivity contribution < 1.29 is 5.11 Å². The van der Waals surface area contributed by atoms with Crippen molar-refractivity contribution in [1.29, 1.82) is 0 Å². The number of rotatable bonds is 11. The second-order valence-corrected chi connectivity index (χ2v) is 13.0.